The number of halogens is 1. The Labute approximate surface area is 176 Å². The van der Waals surface area contributed by atoms with Gasteiger partial charge in [-0.05, 0) is 61.9 Å². The average molecular weight is 458 g/mol. The molecule has 0 radical (unpaired) electrons. The van der Waals surface area contributed by atoms with E-state index in [-0.39, 0.29) is 28.8 Å². The van der Waals surface area contributed by atoms with Gasteiger partial charge < -0.3 is 5.32 Å². The van der Waals surface area contributed by atoms with Crippen LogP contribution in [0.2, 0.25) is 0 Å². The molecule has 1 atom stereocenters. The Kier molecular flexibility index (Phi) is 8.07. The average Bonchev–Trinajstić information content (AvgIpc) is 2.68. The van der Waals surface area contributed by atoms with Crippen molar-refractivity contribution >= 4 is 31.6 Å². The van der Waals surface area contributed by atoms with E-state index in [1.807, 2.05) is 6.92 Å². The number of sulfonamides is 2. The zero-order valence-corrected chi connectivity index (χ0v) is 18.2. The van der Waals surface area contributed by atoms with Crippen LogP contribution < -0.4 is 14.8 Å². The van der Waals surface area contributed by atoms with Gasteiger partial charge in [-0.3, -0.25) is 4.79 Å². The predicted molar refractivity (Wildman–Crippen MR) is 111 cm³/mol. The summed E-state index contributed by atoms with van der Waals surface area (Å²) < 4.78 is 66.3. The molecule has 2 aromatic carbocycles. The summed E-state index contributed by atoms with van der Waals surface area (Å²) in [5, 5.41) is 2.57. The SMILES string of the molecule is CCC(C)NS(=O)(=O)c1ccc(NC(=O)CCNS(=O)(=O)c2ccc(F)cc2)cc1. The van der Waals surface area contributed by atoms with Crippen LogP contribution in [0.25, 0.3) is 0 Å². The highest BCUT2D eigenvalue weighted by Crippen LogP contribution is 2.15. The van der Waals surface area contributed by atoms with E-state index in [2.05, 4.69) is 14.8 Å². The minimum absolute atomic E-state index is 0.0767. The molecule has 30 heavy (non-hydrogen) atoms. The van der Waals surface area contributed by atoms with E-state index in [9.17, 15) is 26.0 Å². The molecule has 1 unspecified atom stereocenters. The number of hydrogen-bond acceptors (Lipinski definition) is 5. The molecule has 0 heterocycles. The first-order chi connectivity index (χ1) is 14.0. The quantitative estimate of drug-likeness (QED) is 0.505. The van der Waals surface area contributed by atoms with Crippen molar-refractivity contribution in [2.24, 2.45) is 0 Å². The third-order valence-electron chi connectivity index (χ3n) is 4.19. The second-order valence-electron chi connectivity index (χ2n) is 6.60. The zero-order chi connectivity index (χ0) is 22.4. The predicted octanol–water partition coefficient (Wildman–Crippen LogP) is 2.21. The number of anilines is 1. The molecule has 0 saturated carbocycles. The summed E-state index contributed by atoms with van der Waals surface area (Å²) in [6, 6.07) is 9.76. The lowest BCUT2D eigenvalue weighted by Gasteiger charge is -2.12. The topological polar surface area (TPSA) is 121 Å². The van der Waals surface area contributed by atoms with Gasteiger partial charge in [0.2, 0.25) is 26.0 Å². The van der Waals surface area contributed by atoms with E-state index in [0.717, 1.165) is 24.3 Å². The summed E-state index contributed by atoms with van der Waals surface area (Å²) in [4.78, 5) is 12.0. The lowest BCUT2D eigenvalue weighted by atomic mass is 10.3. The van der Waals surface area contributed by atoms with E-state index in [0.29, 0.717) is 12.1 Å². The van der Waals surface area contributed by atoms with E-state index in [4.69, 9.17) is 0 Å². The third kappa shape index (κ3) is 6.87. The molecule has 3 N–H and O–H groups in total. The van der Waals surface area contributed by atoms with E-state index >= 15 is 0 Å². The van der Waals surface area contributed by atoms with Gasteiger partial charge in [0.25, 0.3) is 0 Å². The van der Waals surface area contributed by atoms with Gasteiger partial charge in [-0.1, -0.05) is 6.92 Å². The van der Waals surface area contributed by atoms with Crippen molar-refractivity contribution in [3.05, 3.63) is 54.3 Å². The molecule has 2 rings (SSSR count). The van der Waals surface area contributed by atoms with Crippen LogP contribution in [0.15, 0.2) is 58.3 Å². The molecule has 2 aromatic rings. The molecule has 11 heteroatoms. The summed E-state index contributed by atoms with van der Waals surface area (Å²) in [5.74, 6) is -1.01. The van der Waals surface area contributed by atoms with Crippen LogP contribution in [0.4, 0.5) is 10.1 Å². The Morgan fingerprint density at radius 1 is 0.933 bits per heavy atom. The smallest absolute Gasteiger partial charge is 0.240 e. The van der Waals surface area contributed by atoms with Crippen molar-refractivity contribution in [3.8, 4) is 0 Å². The molecular formula is C19H24FN3O5S2. The molecule has 0 spiro atoms. The fourth-order valence-corrected chi connectivity index (χ4v) is 4.71. The maximum Gasteiger partial charge on any atom is 0.240 e. The van der Waals surface area contributed by atoms with Crippen molar-refractivity contribution in [1.82, 2.24) is 9.44 Å². The minimum Gasteiger partial charge on any atom is -0.326 e. The highest BCUT2D eigenvalue weighted by Gasteiger charge is 2.17. The summed E-state index contributed by atoms with van der Waals surface area (Å²) in [7, 11) is -7.49. The first-order valence-electron chi connectivity index (χ1n) is 9.21. The number of benzene rings is 2. The Hall–Kier alpha value is -2.34. The molecule has 0 saturated heterocycles. The molecule has 0 fully saturated rings. The minimum atomic E-state index is -3.85. The van der Waals surface area contributed by atoms with Gasteiger partial charge in [-0.25, -0.2) is 30.7 Å². The van der Waals surface area contributed by atoms with Crippen LogP contribution in [0, 0.1) is 5.82 Å². The van der Waals surface area contributed by atoms with Gasteiger partial charge in [-0.2, -0.15) is 0 Å². The number of rotatable bonds is 10. The van der Waals surface area contributed by atoms with Crippen molar-refractivity contribution in [2.75, 3.05) is 11.9 Å². The standard InChI is InChI=1S/C19H24FN3O5S2/c1-3-14(2)23-30(27,28)18-10-6-16(7-11-18)22-19(24)12-13-21-29(25,26)17-8-4-15(20)5-9-17/h4-11,14,21,23H,3,12-13H2,1-2H3,(H,22,24). The zero-order valence-electron chi connectivity index (χ0n) is 16.6. The van der Waals surface area contributed by atoms with Gasteiger partial charge in [0.1, 0.15) is 5.82 Å². The molecule has 1 amide bonds. The molecule has 0 aliphatic carbocycles. The largest absolute Gasteiger partial charge is 0.326 e. The Morgan fingerprint density at radius 3 is 2.03 bits per heavy atom. The maximum absolute atomic E-state index is 12.9. The molecule has 0 bridgehead atoms. The molecule has 0 aromatic heterocycles. The van der Waals surface area contributed by atoms with Gasteiger partial charge in [0, 0.05) is 24.7 Å². The fourth-order valence-electron chi connectivity index (χ4n) is 2.35. The van der Waals surface area contributed by atoms with E-state index in [1.165, 1.54) is 24.3 Å². The van der Waals surface area contributed by atoms with Gasteiger partial charge in [-0.15, -0.1) is 0 Å². The fraction of sp³-hybridized carbons (Fsp3) is 0.316. The van der Waals surface area contributed by atoms with Crippen LogP contribution >= 0.6 is 0 Å². The van der Waals surface area contributed by atoms with E-state index in [1.54, 1.807) is 6.92 Å². The van der Waals surface area contributed by atoms with Crippen LogP contribution in [-0.2, 0) is 24.8 Å². The van der Waals surface area contributed by atoms with Gasteiger partial charge >= 0.3 is 0 Å². The van der Waals surface area contributed by atoms with Gasteiger partial charge in [0.15, 0.2) is 0 Å². The summed E-state index contributed by atoms with van der Waals surface area (Å²) in [6.45, 7) is 3.47. The van der Waals surface area contributed by atoms with Gasteiger partial charge in [0.05, 0.1) is 9.79 Å². The summed E-state index contributed by atoms with van der Waals surface area (Å²) >= 11 is 0. The molecule has 0 aliphatic heterocycles. The van der Waals surface area contributed by atoms with Crippen molar-refractivity contribution in [3.63, 3.8) is 0 Å². The number of nitrogens with one attached hydrogen (secondary N) is 3. The number of carbonyl (C=O) groups is 1. The second-order valence-corrected chi connectivity index (χ2v) is 10.1. The third-order valence-corrected chi connectivity index (χ3v) is 7.27. The van der Waals surface area contributed by atoms with Crippen LogP contribution in [0.1, 0.15) is 26.7 Å². The Bertz CT molecular complexity index is 1070. The lowest BCUT2D eigenvalue weighted by Crippen LogP contribution is -2.32. The molecule has 8 nitrogen and oxygen atoms in total. The number of amides is 1. The normalized spacial score (nSPS) is 13.0. The van der Waals surface area contributed by atoms with E-state index < -0.39 is 31.8 Å². The lowest BCUT2D eigenvalue weighted by molar-refractivity contribution is -0.116. The Morgan fingerprint density at radius 2 is 1.47 bits per heavy atom. The highest BCUT2D eigenvalue weighted by molar-refractivity contribution is 7.89. The second kappa shape index (κ2) is 10.1. The highest BCUT2D eigenvalue weighted by atomic mass is 32.2. The van der Waals surface area contributed by atoms with Crippen molar-refractivity contribution < 1.29 is 26.0 Å². The van der Waals surface area contributed by atoms with Crippen molar-refractivity contribution in [2.45, 2.75) is 42.5 Å². The first kappa shape index (κ1) is 23.9. The van der Waals surface area contributed by atoms with Crippen molar-refractivity contribution in [1.29, 1.82) is 0 Å². The summed E-state index contributed by atoms with van der Waals surface area (Å²) in [6.07, 6.45) is 0.508. The molecular weight excluding hydrogens is 433 g/mol. The summed E-state index contributed by atoms with van der Waals surface area (Å²) in [5.41, 5.74) is 0.379. The van der Waals surface area contributed by atoms with Crippen LogP contribution in [-0.4, -0.2) is 35.3 Å². The molecule has 0 aliphatic rings. The Balaban J connectivity index is 1.88. The number of hydrogen-bond donors (Lipinski definition) is 3. The first-order valence-corrected chi connectivity index (χ1v) is 12.2. The monoisotopic (exact) mass is 457 g/mol. The molecule has 164 valence electrons. The van der Waals surface area contributed by atoms with Crippen LogP contribution in [0.3, 0.4) is 0 Å². The number of carbonyl (C=O) groups excluding carboxylic acids is 1. The maximum atomic E-state index is 12.9. The van der Waals surface area contributed by atoms with Crippen LogP contribution in [0.5, 0.6) is 0 Å².